The monoisotopic (exact) mass is 328 g/mol. The fourth-order valence-electron chi connectivity index (χ4n) is 2.76. The minimum Gasteiger partial charge on any atom is -0.497 e. The average Bonchev–Trinajstić information content (AvgIpc) is 3.18. The van der Waals surface area contributed by atoms with E-state index in [1.807, 2.05) is 24.3 Å². The van der Waals surface area contributed by atoms with Gasteiger partial charge in [-0.15, -0.1) is 0 Å². The molecule has 0 spiro atoms. The fraction of sp³-hybridized carbons (Fsp3) is 0.353. The average molecular weight is 328 g/mol. The van der Waals surface area contributed by atoms with Crippen LogP contribution in [-0.2, 0) is 23.2 Å². The number of hydrogen-bond donors (Lipinski definition) is 1. The van der Waals surface area contributed by atoms with Crippen molar-refractivity contribution in [2.75, 3.05) is 18.6 Å². The van der Waals surface area contributed by atoms with Crippen molar-refractivity contribution in [3.8, 4) is 5.75 Å². The molecule has 1 N–H and O–H groups in total. The molecule has 1 aromatic heterocycles. The Labute approximate surface area is 140 Å². The van der Waals surface area contributed by atoms with Crippen LogP contribution in [0.2, 0.25) is 0 Å². The van der Waals surface area contributed by atoms with Crippen molar-refractivity contribution < 1.29 is 14.3 Å². The topological polar surface area (TPSA) is 76.5 Å². The van der Waals surface area contributed by atoms with E-state index < -0.39 is 0 Å². The molecule has 24 heavy (non-hydrogen) atoms. The minimum absolute atomic E-state index is 0.0485. The molecule has 0 aliphatic carbocycles. The highest BCUT2D eigenvalue weighted by atomic mass is 16.5. The highest BCUT2D eigenvalue weighted by Gasteiger charge is 2.35. The summed E-state index contributed by atoms with van der Waals surface area (Å²) in [4.78, 5) is 26.1. The predicted molar refractivity (Wildman–Crippen MR) is 88.5 cm³/mol. The molecular weight excluding hydrogens is 308 g/mol. The standard InChI is InChI=1S/C17H20N4O3/c1-20-11-14(9-19-20)21-10-13(7-16(21)22)17(23)18-8-12-3-5-15(24-2)6-4-12/h3-6,9,11,13H,7-8,10H2,1-2H3,(H,18,23)/t13-/m0/s1. The molecule has 1 saturated heterocycles. The zero-order valence-corrected chi connectivity index (χ0v) is 13.7. The molecular formula is C17H20N4O3. The third kappa shape index (κ3) is 3.40. The van der Waals surface area contributed by atoms with E-state index in [4.69, 9.17) is 4.74 Å². The Morgan fingerprint density at radius 3 is 2.75 bits per heavy atom. The number of amides is 2. The molecule has 0 radical (unpaired) electrons. The molecule has 3 rings (SSSR count). The summed E-state index contributed by atoms with van der Waals surface area (Å²) >= 11 is 0. The van der Waals surface area contributed by atoms with E-state index in [0.717, 1.165) is 17.0 Å². The molecule has 1 atom stereocenters. The first-order valence-electron chi connectivity index (χ1n) is 7.76. The van der Waals surface area contributed by atoms with Crippen molar-refractivity contribution in [2.45, 2.75) is 13.0 Å². The van der Waals surface area contributed by atoms with Crippen molar-refractivity contribution in [3.05, 3.63) is 42.2 Å². The maximum Gasteiger partial charge on any atom is 0.227 e. The second-order valence-corrected chi connectivity index (χ2v) is 5.84. The lowest BCUT2D eigenvalue weighted by molar-refractivity contribution is -0.126. The van der Waals surface area contributed by atoms with Crippen molar-refractivity contribution in [3.63, 3.8) is 0 Å². The summed E-state index contributed by atoms with van der Waals surface area (Å²) in [5, 5.41) is 6.96. The summed E-state index contributed by atoms with van der Waals surface area (Å²) in [6, 6.07) is 7.51. The van der Waals surface area contributed by atoms with Gasteiger partial charge in [-0.05, 0) is 17.7 Å². The first-order valence-corrected chi connectivity index (χ1v) is 7.76. The van der Waals surface area contributed by atoms with E-state index in [-0.39, 0.29) is 24.2 Å². The van der Waals surface area contributed by atoms with Crippen LogP contribution in [0.1, 0.15) is 12.0 Å². The van der Waals surface area contributed by atoms with Gasteiger partial charge in [0.25, 0.3) is 0 Å². The van der Waals surface area contributed by atoms with E-state index in [1.54, 1.807) is 36.1 Å². The number of nitrogens with one attached hydrogen (secondary N) is 1. The van der Waals surface area contributed by atoms with Crippen LogP contribution in [0.15, 0.2) is 36.7 Å². The van der Waals surface area contributed by atoms with Gasteiger partial charge in [-0.25, -0.2) is 0 Å². The lowest BCUT2D eigenvalue weighted by Crippen LogP contribution is -2.32. The van der Waals surface area contributed by atoms with Gasteiger partial charge in [0.1, 0.15) is 5.75 Å². The maximum atomic E-state index is 12.3. The van der Waals surface area contributed by atoms with Gasteiger partial charge in [0.05, 0.1) is 24.9 Å². The fourth-order valence-corrected chi connectivity index (χ4v) is 2.76. The molecule has 1 fully saturated rings. The molecule has 7 heteroatoms. The molecule has 126 valence electrons. The van der Waals surface area contributed by atoms with Crippen LogP contribution in [0.3, 0.4) is 0 Å². The van der Waals surface area contributed by atoms with Gasteiger partial charge in [-0.1, -0.05) is 12.1 Å². The minimum atomic E-state index is -0.337. The first kappa shape index (κ1) is 16.0. The third-order valence-electron chi connectivity index (χ3n) is 4.12. The summed E-state index contributed by atoms with van der Waals surface area (Å²) in [5.74, 6) is 0.285. The van der Waals surface area contributed by atoms with Gasteiger partial charge < -0.3 is 15.0 Å². The van der Waals surface area contributed by atoms with Gasteiger partial charge in [0, 0.05) is 32.8 Å². The van der Waals surface area contributed by atoms with Gasteiger partial charge >= 0.3 is 0 Å². The summed E-state index contributed by atoms with van der Waals surface area (Å²) in [6.07, 6.45) is 3.63. The number of anilines is 1. The zero-order valence-electron chi connectivity index (χ0n) is 13.7. The van der Waals surface area contributed by atoms with E-state index in [2.05, 4.69) is 10.4 Å². The highest BCUT2D eigenvalue weighted by Crippen LogP contribution is 2.24. The second kappa shape index (κ2) is 6.74. The van der Waals surface area contributed by atoms with Crippen LogP contribution in [0.4, 0.5) is 5.69 Å². The molecule has 1 aliphatic rings. The summed E-state index contributed by atoms with van der Waals surface area (Å²) in [7, 11) is 3.41. The van der Waals surface area contributed by atoms with E-state index in [9.17, 15) is 9.59 Å². The number of methoxy groups -OCH3 is 1. The molecule has 1 aromatic carbocycles. The van der Waals surface area contributed by atoms with E-state index >= 15 is 0 Å². The lowest BCUT2D eigenvalue weighted by atomic mass is 10.1. The summed E-state index contributed by atoms with van der Waals surface area (Å²) in [5.41, 5.74) is 1.71. The molecule has 7 nitrogen and oxygen atoms in total. The number of carbonyl (C=O) groups is 2. The van der Waals surface area contributed by atoms with Crippen LogP contribution in [0.5, 0.6) is 5.75 Å². The number of ether oxygens (including phenoxy) is 1. The molecule has 0 saturated carbocycles. The number of aryl methyl sites for hydroxylation is 1. The SMILES string of the molecule is COc1ccc(CNC(=O)[C@H]2CC(=O)N(c3cnn(C)c3)C2)cc1. The van der Waals surface area contributed by atoms with Gasteiger partial charge in [-0.3, -0.25) is 14.3 Å². The van der Waals surface area contributed by atoms with E-state index in [0.29, 0.717) is 13.1 Å². The Morgan fingerprint density at radius 2 is 2.12 bits per heavy atom. The first-order chi connectivity index (χ1) is 11.6. The molecule has 1 aliphatic heterocycles. The second-order valence-electron chi connectivity index (χ2n) is 5.84. The Kier molecular flexibility index (Phi) is 4.50. The van der Waals surface area contributed by atoms with E-state index in [1.165, 1.54) is 0 Å². The van der Waals surface area contributed by atoms with Crippen molar-refractivity contribution >= 4 is 17.5 Å². The highest BCUT2D eigenvalue weighted by molar-refractivity contribution is 6.00. The van der Waals surface area contributed by atoms with Crippen molar-refractivity contribution in [1.82, 2.24) is 15.1 Å². The largest absolute Gasteiger partial charge is 0.497 e. The normalized spacial score (nSPS) is 17.2. The third-order valence-corrected chi connectivity index (χ3v) is 4.12. The van der Waals surface area contributed by atoms with Crippen LogP contribution in [0.25, 0.3) is 0 Å². The number of rotatable bonds is 5. The molecule has 0 bridgehead atoms. The van der Waals surface area contributed by atoms with Gasteiger partial charge in [0.2, 0.25) is 11.8 Å². The Morgan fingerprint density at radius 1 is 1.38 bits per heavy atom. The zero-order chi connectivity index (χ0) is 17.1. The Balaban J connectivity index is 1.56. The predicted octanol–water partition coefficient (Wildman–Crippen LogP) is 1.10. The smallest absolute Gasteiger partial charge is 0.227 e. The van der Waals surface area contributed by atoms with Crippen LogP contribution < -0.4 is 15.0 Å². The number of nitrogens with zero attached hydrogens (tertiary/aromatic N) is 3. The van der Waals surface area contributed by atoms with Crippen LogP contribution >= 0.6 is 0 Å². The van der Waals surface area contributed by atoms with Gasteiger partial charge in [0.15, 0.2) is 0 Å². The van der Waals surface area contributed by atoms with Crippen LogP contribution in [0, 0.1) is 5.92 Å². The summed E-state index contributed by atoms with van der Waals surface area (Å²) < 4.78 is 6.74. The number of carbonyl (C=O) groups excluding carboxylic acids is 2. The Bertz CT molecular complexity index is 739. The molecule has 2 aromatic rings. The number of hydrogen-bond acceptors (Lipinski definition) is 4. The summed E-state index contributed by atoms with van der Waals surface area (Å²) in [6.45, 7) is 0.819. The quantitative estimate of drug-likeness (QED) is 0.892. The van der Waals surface area contributed by atoms with Crippen molar-refractivity contribution in [2.24, 2.45) is 13.0 Å². The number of benzene rings is 1. The van der Waals surface area contributed by atoms with Gasteiger partial charge in [-0.2, -0.15) is 5.10 Å². The maximum absolute atomic E-state index is 12.3. The lowest BCUT2D eigenvalue weighted by Gasteiger charge is -2.14. The number of aromatic nitrogens is 2. The molecule has 2 amide bonds. The Hall–Kier alpha value is -2.83. The molecule has 0 unspecified atom stereocenters. The molecule has 2 heterocycles. The van der Waals surface area contributed by atoms with Crippen molar-refractivity contribution in [1.29, 1.82) is 0 Å². The van der Waals surface area contributed by atoms with Crippen LogP contribution in [-0.4, -0.2) is 35.2 Å².